The summed E-state index contributed by atoms with van der Waals surface area (Å²) in [5.74, 6) is 0. The Balaban J connectivity index is 1.63. The summed E-state index contributed by atoms with van der Waals surface area (Å²) in [5.41, 5.74) is 3.87. The van der Waals surface area contributed by atoms with Gasteiger partial charge in [-0.15, -0.1) is 0 Å². The third kappa shape index (κ3) is 3.83. The van der Waals surface area contributed by atoms with Gasteiger partial charge in [0.2, 0.25) is 0 Å². The average Bonchev–Trinajstić information content (AvgIpc) is 3.06. The van der Waals surface area contributed by atoms with Crippen LogP contribution in [0.2, 0.25) is 5.02 Å². The average molecular weight is 363 g/mol. The highest BCUT2D eigenvalue weighted by molar-refractivity contribution is 6.31. The van der Waals surface area contributed by atoms with Gasteiger partial charge >= 0.3 is 0 Å². The Kier molecular flexibility index (Phi) is 5.35. The van der Waals surface area contributed by atoms with Crippen molar-refractivity contribution in [3.05, 3.63) is 107 Å². The van der Waals surface area contributed by atoms with Gasteiger partial charge < -0.3 is 0 Å². The van der Waals surface area contributed by atoms with Crippen LogP contribution in [0.15, 0.2) is 84.9 Å². The zero-order valence-electron chi connectivity index (χ0n) is 14.8. The van der Waals surface area contributed by atoms with Crippen molar-refractivity contribution in [1.82, 2.24) is 9.80 Å². The van der Waals surface area contributed by atoms with Crippen LogP contribution in [0.25, 0.3) is 0 Å². The quantitative estimate of drug-likeness (QED) is 0.603. The molecular formula is C23H23ClN2. The largest absolute Gasteiger partial charge is 0.278 e. The van der Waals surface area contributed by atoms with Gasteiger partial charge in [0.1, 0.15) is 0 Å². The lowest BCUT2D eigenvalue weighted by Gasteiger charge is -2.31. The normalized spacial score (nSPS) is 16.2. The number of halogens is 1. The Labute approximate surface area is 160 Å². The topological polar surface area (TPSA) is 6.48 Å². The second kappa shape index (κ2) is 8.05. The van der Waals surface area contributed by atoms with Gasteiger partial charge in [0.15, 0.2) is 0 Å². The van der Waals surface area contributed by atoms with Crippen LogP contribution in [-0.2, 0) is 13.1 Å². The van der Waals surface area contributed by atoms with Crippen LogP contribution >= 0.6 is 11.6 Å². The zero-order valence-corrected chi connectivity index (χ0v) is 15.5. The molecule has 4 rings (SSSR count). The third-order valence-corrected chi connectivity index (χ3v) is 5.35. The van der Waals surface area contributed by atoms with Crippen molar-refractivity contribution in [3.8, 4) is 0 Å². The Bertz CT molecular complexity index is 786. The van der Waals surface area contributed by atoms with Crippen LogP contribution in [0.1, 0.15) is 22.9 Å². The van der Waals surface area contributed by atoms with Gasteiger partial charge in [-0.05, 0) is 17.2 Å². The third-order valence-electron chi connectivity index (χ3n) is 5.01. The van der Waals surface area contributed by atoms with E-state index in [-0.39, 0.29) is 6.17 Å². The van der Waals surface area contributed by atoms with E-state index in [0.717, 1.165) is 31.2 Å². The molecule has 0 unspecified atom stereocenters. The summed E-state index contributed by atoms with van der Waals surface area (Å²) in [5, 5.41) is 0.843. The molecule has 26 heavy (non-hydrogen) atoms. The van der Waals surface area contributed by atoms with Gasteiger partial charge in [-0.1, -0.05) is 90.5 Å². The molecule has 1 saturated heterocycles. The summed E-state index contributed by atoms with van der Waals surface area (Å²) >= 11 is 6.59. The number of benzene rings is 3. The van der Waals surface area contributed by atoms with Crippen LogP contribution in [-0.4, -0.2) is 22.9 Å². The van der Waals surface area contributed by atoms with Crippen LogP contribution in [0.4, 0.5) is 0 Å². The lowest BCUT2D eigenvalue weighted by Crippen LogP contribution is -2.30. The molecule has 1 fully saturated rings. The molecule has 132 valence electrons. The first-order chi connectivity index (χ1) is 12.8. The number of hydrogen-bond donors (Lipinski definition) is 0. The lowest BCUT2D eigenvalue weighted by atomic mass is 10.1. The van der Waals surface area contributed by atoms with E-state index in [1.165, 1.54) is 16.7 Å². The van der Waals surface area contributed by atoms with Crippen molar-refractivity contribution in [2.75, 3.05) is 13.1 Å². The van der Waals surface area contributed by atoms with Gasteiger partial charge in [-0.3, -0.25) is 9.80 Å². The Hall–Kier alpha value is -2.13. The highest BCUT2D eigenvalue weighted by Gasteiger charge is 2.34. The van der Waals surface area contributed by atoms with Crippen molar-refractivity contribution in [3.63, 3.8) is 0 Å². The first-order valence-electron chi connectivity index (χ1n) is 9.11. The minimum Gasteiger partial charge on any atom is -0.278 e. The van der Waals surface area contributed by atoms with E-state index >= 15 is 0 Å². The minimum absolute atomic E-state index is 0.198. The second-order valence-electron chi connectivity index (χ2n) is 6.81. The molecule has 0 N–H and O–H groups in total. The molecule has 0 saturated carbocycles. The van der Waals surface area contributed by atoms with Crippen molar-refractivity contribution >= 4 is 11.6 Å². The van der Waals surface area contributed by atoms with Gasteiger partial charge in [0.05, 0.1) is 6.17 Å². The zero-order chi connectivity index (χ0) is 17.8. The molecule has 0 bridgehead atoms. The van der Waals surface area contributed by atoms with E-state index < -0.39 is 0 Å². The van der Waals surface area contributed by atoms with Crippen molar-refractivity contribution < 1.29 is 0 Å². The van der Waals surface area contributed by atoms with E-state index in [1.54, 1.807) is 0 Å². The molecule has 3 aromatic rings. The molecule has 1 aliphatic heterocycles. The van der Waals surface area contributed by atoms with Gasteiger partial charge in [0.25, 0.3) is 0 Å². The fraction of sp³-hybridized carbons (Fsp3) is 0.217. The monoisotopic (exact) mass is 362 g/mol. The van der Waals surface area contributed by atoms with E-state index in [2.05, 4.69) is 82.6 Å². The first kappa shape index (κ1) is 17.3. The minimum atomic E-state index is 0.198. The maximum atomic E-state index is 6.59. The molecule has 0 atom stereocenters. The predicted molar refractivity (Wildman–Crippen MR) is 108 cm³/mol. The summed E-state index contributed by atoms with van der Waals surface area (Å²) in [4.78, 5) is 5.05. The van der Waals surface area contributed by atoms with Crippen LogP contribution in [0, 0.1) is 0 Å². The summed E-state index contributed by atoms with van der Waals surface area (Å²) < 4.78 is 0. The second-order valence-corrected chi connectivity index (χ2v) is 7.21. The summed E-state index contributed by atoms with van der Waals surface area (Å²) in [6.45, 7) is 3.94. The van der Waals surface area contributed by atoms with Gasteiger partial charge in [-0.2, -0.15) is 0 Å². The Morgan fingerprint density at radius 1 is 0.654 bits per heavy atom. The predicted octanol–water partition coefficient (Wildman–Crippen LogP) is 5.36. The number of nitrogens with zero attached hydrogens (tertiary/aromatic N) is 2. The van der Waals surface area contributed by atoms with Gasteiger partial charge in [-0.25, -0.2) is 0 Å². The van der Waals surface area contributed by atoms with E-state index in [1.807, 2.05) is 12.1 Å². The molecule has 0 amide bonds. The lowest BCUT2D eigenvalue weighted by molar-refractivity contribution is 0.126. The van der Waals surface area contributed by atoms with Crippen LogP contribution < -0.4 is 0 Å². The molecule has 0 aromatic heterocycles. The number of rotatable bonds is 5. The molecule has 1 heterocycles. The molecule has 2 nitrogen and oxygen atoms in total. The standard InChI is InChI=1S/C23H23ClN2/c24-22-14-8-7-13-21(22)23-25(17-19-9-3-1-4-10-19)15-16-26(23)18-20-11-5-2-6-12-20/h1-14,23H,15-18H2. The maximum absolute atomic E-state index is 6.59. The van der Waals surface area contributed by atoms with Crippen molar-refractivity contribution in [2.24, 2.45) is 0 Å². The maximum Gasteiger partial charge on any atom is 0.0907 e. The van der Waals surface area contributed by atoms with E-state index in [4.69, 9.17) is 11.6 Å². The van der Waals surface area contributed by atoms with E-state index in [9.17, 15) is 0 Å². The molecule has 0 radical (unpaired) electrons. The Morgan fingerprint density at radius 2 is 1.12 bits per heavy atom. The molecule has 0 aliphatic carbocycles. The first-order valence-corrected chi connectivity index (χ1v) is 9.49. The Morgan fingerprint density at radius 3 is 1.62 bits per heavy atom. The van der Waals surface area contributed by atoms with Crippen molar-refractivity contribution in [2.45, 2.75) is 19.3 Å². The SMILES string of the molecule is Clc1ccccc1C1N(Cc2ccccc2)CCN1Cc1ccccc1. The molecule has 0 spiro atoms. The van der Waals surface area contributed by atoms with Crippen LogP contribution in [0.5, 0.6) is 0 Å². The molecule has 3 aromatic carbocycles. The summed E-state index contributed by atoms with van der Waals surface area (Å²) in [6, 6.07) is 29.6. The number of hydrogen-bond acceptors (Lipinski definition) is 2. The summed E-state index contributed by atoms with van der Waals surface area (Å²) in [6.07, 6.45) is 0.198. The fourth-order valence-corrected chi connectivity index (χ4v) is 4.01. The van der Waals surface area contributed by atoms with Gasteiger partial charge in [0, 0.05) is 36.8 Å². The van der Waals surface area contributed by atoms with E-state index in [0.29, 0.717) is 0 Å². The highest BCUT2D eigenvalue weighted by Crippen LogP contribution is 2.36. The van der Waals surface area contributed by atoms with Crippen molar-refractivity contribution in [1.29, 1.82) is 0 Å². The molecule has 3 heteroatoms. The smallest absolute Gasteiger partial charge is 0.0907 e. The summed E-state index contributed by atoms with van der Waals surface area (Å²) in [7, 11) is 0. The fourth-order valence-electron chi connectivity index (χ4n) is 3.78. The highest BCUT2D eigenvalue weighted by atomic mass is 35.5. The molecular weight excluding hydrogens is 340 g/mol. The van der Waals surface area contributed by atoms with Crippen LogP contribution in [0.3, 0.4) is 0 Å². The molecule has 1 aliphatic rings.